The lowest BCUT2D eigenvalue weighted by Crippen LogP contribution is -2.43. The van der Waals surface area contributed by atoms with Crippen LogP contribution in [0.5, 0.6) is 0 Å². The van der Waals surface area contributed by atoms with Gasteiger partial charge < -0.3 is 16.0 Å². The third-order valence-electron chi connectivity index (χ3n) is 5.74. The number of aromatic nitrogens is 2. The van der Waals surface area contributed by atoms with E-state index in [2.05, 4.69) is 21.3 Å². The molecule has 6 heteroatoms. The molecule has 0 amide bonds. The number of hydrogen-bond donors (Lipinski definition) is 2. The molecule has 1 unspecified atom stereocenters. The van der Waals surface area contributed by atoms with Crippen molar-refractivity contribution in [2.24, 2.45) is 5.73 Å². The SMILES string of the molecule is N#Cc1cc(-c2ccnc(NC3CCCCC3)c2)nc(N2CCCC(N)C2)c1. The predicted octanol–water partition coefficient (Wildman–Crippen LogP) is 3.69. The van der Waals surface area contributed by atoms with Crippen LogP contribution in [-0.4, -0.2) is 35.1 Å². The lowest BCUT2D eigenvalue weighted by Gasteiger charge is -2.32. The summed E-state index contributed by atoms with van der Waals surface area (Å²) in [4.78, 5) is 11.5. The summed E-state index contributed by atoms with van der Waals surface area (Å²) in [6.07, 6.45) is 10.2. The van der Waals surface area contributed by atoms with E-state index in [-0.39, 0.29) is 6.04 Å². The number of rotatable bonds is 4. The van der Waals surface area contributed by atoms with Crippen LogP contribution in [-0.2, 0) is 0 Å². The Morgan fingerprint density at radius 2 is 1.96 bits per heavy atom. The molecule has 2 aromatic rings. The topological polar surface area (TPSA) is 90.9 Å². The summed E-state index contributed by atoms with van der Waals surface area (Å²) in [5.41, 5.74) is 8.55. The Morgan fingerprint density at radius 1 is 1.11 bits per heavy atom. The van der Waals surface area contributed by atoms with Crippen LogP contribution in [0.25, 0.3) is 11.3 Å². The zero-order valence-electron chi connectivity index (χ0n) is 16.3. The van der Waals surface area contributed by atoms with Crippen LogP contribution in [0.3, 0.4) is 0 Å². The smallest absolute Gasteiger partial charge is 0.130 e. The average molecular weight is 377 g/mol. The van der Waals surface area contributed by atoms with E-state index in [4.69, 9.17) is 10.7 Å². The van der Waals surface area contributed by atoms with Gasteiger partial charge in [-0.05, 0) is 49.9 Å². The zero-order chi connectivity index (χ0) is 19.3. The normalized spacial score (nSPS) is 20.6. The molecule has 0 spiro atoms. The zero-order valence-corrected chi connectivity index (χ0v) is 16.3. The Hall–Kier alpha value is -2.65. The lowest BCUT2D eigenvalue weighted by atomic mass is 9.95. The van der Waals surface area contributed by atoms with Crippen molar-refractivity contribution < 1.29 is 0 Å². The van der Waals surface area contributed by atoms with E-state index in [1.165, 1.54) is 32.1 Å². The van der Waals surface area contributed by atoms with Gasteiger partial charge in [-0.1, -0.05) is 19.3 Å². The molecule has 146 valence electrons. The molecule has 6 nitrogen and oxygen atoms in total. The molecule has 2 aromatic heterocycles. The van der Waals surface area contributed by atoms with Gasteiger partial charge in [0, 0.05) is 36.9 Å². The Labute approximate surface area is 166 Å². The molecule has 1 atom stereocenters. The summed E-state index contributed by atoms with van der Waals surface area (Å²) >= 11 is 0. The van der Waals surface area contributed by atoms with Crippen molar-refractivity contribution in [1.29, 1.82) is 5.26 Å². The first kappa shape index (κ1) is 18.7. The molecule has 0 radical (unpaired) electrons. The first-order chi connectivity index (χ1) is 13.7. The molecular formula is C22H28N6. The molecule has 4 rings (SSSR count). The van der Waals surface area contributed by atoms with Crippen molar-refractivity contribution in [3.05, 3.63) is 36.0 Å². The molecule has 1 saturated carbocycles. The Balaban J connectivity index is 1.60. The molecule has 1 aliphatic carbocycles. The third-order valence-corrected chi connectivity index (χ3v) is 5.74. The fraction of sp³-hybridized carbons (Fsp3) is 0.500. The summed E-state index contributed by atoms with van der Waals surface area (Å²) < 4.78 is 0. The van der Waals surface area contributed by atoms with Gasteiger partial charge in [0.1, 0.15) is 11.6 Å². The van der Waals surface area contributed by atoms with E-state index < -0.39 is 0 Å². The number of nitrogens with one attached hydrogen (secondary N) is 1. The highest BCUT2D eigenvalue weighted by atomic mass is 15.2. The minimum Gasteiger partial charge on any atom is -0.367 e. The maximum atomic E-state index is 9.51. The quantitative estimate of drug-likeness (QED) is 0.846. The maximum Gasteiger partial charge on any atom is 0.130 e. The molecule has 3 N–H and O–H groups in total. The van der Waals surface area contributed by atoms with Crippen molar-refractivity contribution in [3.8, 4) is 17.3 Å². The van der Waals surface area contributed by atoms with Gasteiger partial charge in [-0.15, -0.1) is 0 Å². The van der Waals surface area contributed by atoms with E-state index in [0.717, 1.165) is 48.8 Å². The molecule has 1 saturated heterocycles. The van der Waals surface area contributed by atoms with E-state index >= 15 is 0 Å². The molecule has 0 bridgehead atoms. The first-order valence-electron chi connectivity index (χ1n) is 10.4. The first-order valence-corrected chi connectivity index (χ1v) is 10.4. The van der Waals surface area contributed by atoms with Crippen molar-refractivity contribution in [2.45, 2.75) is 57.0 Å². The van der Waals surface area contributed by atoms with Gasteiger partial charge in [-0.2, -0.15) is 5.26 Å². The van der Waals surface area contributed by atoms with Crippen LogP contribution in [0, 0.1) is 11.3 Å². The largest absolute Gasteiger partial charge is 0.367 e. The van der Waals surface area contributed by atoms with Crippen LogP contribution in [0.4, 0.5) is 11.6 Å². The second kappa shape index (κ2) is 8.57. The Kier molecular flexibility index (Phi) is 5.73. The number of hydrogen-bond acceptors (Lipinski definition) is 6. The van der Waals surface area contributed by atoms with Gasteiger partial charge >= 0.3 is 0 Å². The highest BCUT2D eigenvalue weighted by molar-refractivity contribution is 5.67. The second-order valence-corrected chi connectivity index (χ2v) is 7.97. The van der Waals surface area contributed by atoms with Crippen LogP contribution < -0.4 is 16.0 Å². The molecule has 1 aliphatic heterocycles. The molecule has 3 heterocycles. The summed E-state index contributed by atoms with van der Waals surface area (Å²) in [7, 11) is 0. The maximum absolute atomic E-state index is 9.51. The Bertz CT molecular complexity index is 852. The van der Waals surface area contributed by atoms with Gasteiger partial charge in [0.15, 0.2) is 0 Å². The highest BCUT2D eigenvalue weighted by Crippen LogP contribution is 2.27. The number of anilines is 2. The van der Waals surface area contributed by atoms with Gasteiger partial charge in [-0.3, -0.25) is 0 Å². The van der Waals surface area contributed by atoms with Crippen molar-refractivity contribution in [3.63, 3.8) is 0 Å². The van der Waals surface area contributed by atoms with Crippen LogP contribution in [0.15, 0.2) is 30.5 Å². The van der Waals surface area contributed by atoms with Gasteiger partial charge in [-0.25, -0.2) is 9.97 Å². The third kappa shape index (κ3) is 4.42. The number of nitrogens with two attached hydrogens (primary N) is 1. The van der Waals surface area contributed by atoms with Gasteiger partial charge in [0.05, 0.1) is 17.3 Å². The van der Waals surface area contributed by atoms with Crippen LogP contribution in [0.1, 0.15) is 50.5 Å². The average Bonchev–Trinajstić information content (AvgIpc) is 2.74. The summed E-state index contributed by atoms with van der Waals surface area (Å²) in [5, 5.41) is 13.1. The lowest BCUT2D eigenvalue weighted by molar-refractivity contribution is 0.462. The molecule has 0 aromatic carbocycles. The van der Waals surface area contributed by atoms with Crippen LogP contribution in [0.2, 0.25) is 0 Å². The van der Waals surface area contributed by atoms with E-state index in [0.29, 0.717) is 11.6 Å². The molecule has 2 fully saturated rings. The summed E-state index contributed by atoms with van der Waals surface area (Å²) in [6.45, 7) is 1.71. The number of piperidine rings is 1. The highest BCUT2D eigenvalue weighted by Gasteiger charge is 2.19. The van der Waals surface area contributed by atoms with E-state index in [1.807, 2.05) is 30.5 Å². The summed E-state index contributed by atoms with van der Waals surface area (Å²) in [6, 6.07) is 10.7. The van der Waals surface area contributed by atoms with E-state index in [1.54, 1.807) is 0 Å². The van der Waals surface area contributed by atoms with Crippen molar-refractivity contribution in [2.75, 3.05) is 23.3 Å². The standard InChI is InChI=1S/C22H28N6/c23-14-16-11-20(27-22(12-16)28-10-4-5-18(24)15-28)17-8-9-25-21(13-17)26-19-6-2-1-3-7-19/h8-9,11-13,18-19H,1-7,10,15,24H2,(H,25,26). The molecule has 2 aliphatic rings. The Morgan fingerprint density at radius 3 is 2.75 bits per heavy atom. The number of pyridine rings is 2. The fourth-order valence-corrected chi connectivity index (χ4v) is 4.23. The minimum atomic E-state index is 0.164. The van der Waals surface area contributed by atoms with Gasteiger partial charge in [0.2, 0.25) is 0 Å². The molecule has 28 heavy (non-hydrogen) atoms. The second-order valence-electron chi connectivity index (χ2n) is 7.97. The number of nitrogens with zero attached hydrogens (tertiary/aromatic N) is 4. The minimum absolute atomic E-state index is 0.164. The van der Waals surface area contributed by atoms with Crippen molar-refractivity contribution >= 4 is 11.6 Å². The van der Waals surface area contributed by atoms with Gasteiger partial charge in [0.25, 0.3) is 0 Å². The van der Waals surface area contributed by atoms with Crippen molar-refractivity contribution in [1.82, 2.24) is 9.97 Å². The number of nitriles is 1. The predicted molar refractivity (Wildman–Crippen MR) is 112 cm³/mol. The molecular weight excluding hydrogens is 348 g/mol. The fourth-order valence-electron chi connectivity index (χ4n) is 4.23. The monoisotopic (exact) mass is 376 g/mol. The summed E-state index contributed by atoms with van der Waals surface area (Å²) in [5.74, 6) is 1.72. The van der Waals surface area contributed by atoms with Crippen LogP contribution >= 0.6 is 0 Å². The van der Waals surface area contributed by atoms with E-state index in [9.17, 15) is 5.26 Å².